The van der Waals surface area contributed by atoms with Crippen LogP contribution in [-0.2, 0) is 0 Å². The molecule has 0 saturated carbocycles. The van der Waals surface area contributed by atoms with Crippen molar-refractivity contribution in [2.75, 3.05) is 0 Å². The minimum Gasteiger partial charge on any atom is -0.267 e. The van der Waals surface area contributed by atoms with Crippen molar-refractivity contribution in [3.63, 3.8) is 0 Å². The van der Waals surface area contributed by atoms with Crippen LogP contribution >= 0.6 is 11.7 Å². The quantitative estimate of drug-likeness (QED) is 0.591. The Labute approximate surface area is 81.7 Å². The average Bonchev–Trinajstić information content (AvgIpc) is 2.62. The monoisotopic (exact) mass is 204 g/mol. The summed E-state index contributed by atoms with van der Waals surface area (Å²) in [5.74, 6) is 0. The Bertz CT molecular complexity index is 671. The Morgan fingerprint density at radius 1 is 1.21 bits per heavy atom. The van der Waals surface area contributed by atoms with Gasteiger partial charge in [-0.05, 0) is 12.1 Å². The zero-order valence-corrected chi connectivity index (χ0v) is 7.71. The Morgan fingerprint density at radius 3 is 2.86 bits per heavy atom. The zero-order valence-electron chi connectivity index (χ0n) is 6.89. The van der Waals surface area contributed by atoms with Gasteiger partial charge < -0.3 is 0 Å². The minimum absolute atomic E-state index is 0.197. The average molecular weight is 204 g/mol. The number of hydrogen-bond acceptors (Lipinski definition) is 5. The summed E-state index contributed by atoms with van der Waals surface area (Å²) in [7, 11) is 0. The van der Waals surface area contributed by atoms with Gasteiger partial charge in [-0.2, -0.15) is 13.8 Å². The highest BCUT2D eigenvalue weighted by Gasteiger charge is 2.03. The largest absolute Gasteiger partial charge is 0.272 e. The summed E-state index contributed by atoms with van der Waals surface area (Å²) in [5, 5.41) is 7.49. The van der Waals surface area contributed by atoms with Crippen LogP contribution in [0.2, 0.25) is 0 Å². The lowest BCUT2D eigenvalue weighted by Crippen LogP contribution is -2.06. The lowest BCUT2D eigenvalue weighted by molar-refractivity contribution is 1.01. The molecule has 5 nitrogen and oxygen atoms in total. The number of nitrogens with zero attached hydrogens (tertiary/aromatic N) is 3. The first kappa shape index (κ1) is 7.57. The first-order chi connectivity index (χ1) is 6.84. The van der Waals surface area contributed by atoms with Crippen LogP contribution in [0.15, 0.2) is 23.1 Å². The number of benzene rings is 1. The molecular formula is C8H4N4OS. The van der Waals surface area contributed by atoms with Gasteiger partial charge in [0.2, 0.25) is 0 Å². The lowest BCUT2D eigenvalue weighted by Gasteiger charge is -1.93. The molecule has 0 unspecified atom stereocenters. The number of aromatic amines is 1. The fraction of sp³-hybridized carbons (Fsp3) is 0. The molecule has 3 rings (SSSR count). The molecule has 0 saturated heterocycles. The Hall–Kier alpha value is -1.82. The first-order valence-electron chi connectivity index (χ1n) is 3.94. The molecule has 0 fully saturated rings. The molecule has 0 aliphatic heterocycles. The third-order valence-electron chi connectivity index (χ3n) is 2.04. The minimum atomic E-state index is -0.197. The highest BCUT2D eigenvalue weighted by Crippen LogP contribution is 2.17. The second-order valence-electron chi connectivity index (χ2n) is 2.89. The van der Waals surface area contributed by atoms with Gasteiger partial charge in [0.1, 0.15) is 11.0 Å². The molecule has 2 aromatic heterocycles. The van der Waals surface area contributed by atoms with Gasteiger partial charge in [0.05, 0.1) is 23.3 Å². The van der Waals surface area contributed by atoms with E-state index in [1.165, 1.54) is 0 Å². The highest BCUT2D eigenvalue weighted by atomic mass is 32.1. The molecule has 68 valence electrons. The van der Waals surface area contributed by atoms with Gasteiger partial charge in [-0.15, -0.1) is 0 Å². The van der Waals surface area contributed by atoms with Crippen LogP contribution in [0, 0.1) is 0 Å². The number of aromatic nitrogens is 4. The maximum Gasteiger partial charge on any atom is 0.272 e. The zero-order chi connectivity index (χ0) is 9.54. The second kappa shape index (κ2) is 2.58. The van der Waals surface area contributed by atoms with Crippen molar-refractivity contribution >= 4 is 33.5 Å². The fourth-order valence-electron chi connectivity index (χ4n) is 1.37. The standard InChI is InChI=1S/C8H4N4OS/c13-8-5-2-7-6(11-14-12-7)1-4(5)3-9-10-8/h1-3H,(H,10,13). The van der Waals surface area contributed by atoms with Crippen LogP contribution in [0.3, 0.4) is 0 Å². The molecule has 0 spiro atoms. The molecule has 14 heavy (non-hydrogen) atoms. The van der Waals surface area contributed by atoms with Gasteiger partial charge in [0, 0.05) is 5.39 Å². The molecule has 0 radical (unpaired) electrons. The third-order valence-corrected chi connectivity index (χ3v) is 2.60. The summed E-state index contributed by atoms with van der Waals surface area (Å²) in [4.78, 5) is 11.4. The number of H-pyrrole nitrogens is 1. The van der Waals surface area contributed by atoms with E-state index in [0.29, 0.717) is 5.39 Å². The van der Waals surface area contributed by atoms with E-state index in [9.17, 15) is 4.79 Å². The summed E-state index contributed by atoms with van der Waals surface area (Å²) < 4.78 is 8.16. The number of fused-ring (bicyclic) bond motifs is 2. The smallest absolute Gasteiger partial charge is 0.267 e. The van der Waals surface area contributed by atoms with E-state index in [0.717, 1.165) is 28.1 Å². The van der Waals surface area contributed by atoms with E-state index in [2.05, 4.69) is 18.9 Å². The SMILES string of the molecule is O=c1[nH]ncc2cc3nsnc3cc12. The van der Waals surface area contributed by atoms with Crippen molar-refractivity contribution in [2.45, 2.75) is 0 Å². The summed E-state index contributed by atoms with van der Waals surface area (Å²) in [5.41, 5.74) is 1.35. The van der Waals surface area contributed by atoms with Crippen LogP contribution in [-0.4, -0.2) is 18.9 Å². The van der Waals surface area contributed by atoms with Crippen molar-refractivity contribution in [3.8, 4) is 0 Å². The van der Waals surface area contributed by atoms with Crippen molar-refractivity contribution in [1.82, 2.24) is 18.9 Å². The first-order valence-corrected chi connectivity index (χ1v) is 4.67. The molecule has 0 amide bonds. The summed E-state index contributed by atoms with van der Waals surface area (Å²) in [6.45, 7) is 0. The molecule has 0 aliphatic carbocycles. The van der Waals surface area contributed by atoms with E-state index in [1.54, 1.807) is 12.3 Å². The van der Waals surface area contributed by atoms with Gasteiger partial charge in [-0.3, -0.25) is 4.79 Å². The second-order valence-corrected chi connectivity index (χ2v) is 3.42. The van der Waals surface area contributed by atoms with E-state index < -0.39 is 0 Å². The van der Waals surface area contributed by atoms with Crippen molar-refractivity contribution in [1.29, 1.82) is 0 Å². The number of rotatable bonds is 0. The normalized spacial score (nSPS) is 11.1. The highest BCUT2D eigenvalue weighted by molar-refractivity contribution is 7.00. The molecule has 1 N–H and O–H groups in total. The van der Waals surface area contributed by atoms with Crippen LogP contribution in [0.1, 0.15) is 0 Å². The van der Waals surface area contributed by atoms with Gasteiger partial charge >= 0.3 is 0 Å². The van der Waals surface area contributed by atoms with Gasteiger partial charge in [-0.1, -0.05) is 0 Å². The van der Waals surface area contributed by atoms with Crippen molar-refractivity contribution in [3.05, 3.63) is 28.7 Å². The molecular weight excluding hydrogens is 200 g/mol. The predicted molar refractivity (Wildman–Crippen MR) is 53.3 cm³/mol. The van der Waals surface area contributed by atoms with E-state index in [4.69, 9.17) is 0 Å². The summed E-state index contributed by atoms with van der Waals surface area (Å²) in [6.07, 6.45) is 1.61. The van der Waals surface area contributed by atoms with Crippen molar-refractivity contribution < 1.29 is 0 Å². The predicted octanol–water partition coefficient (Wildman–Crippen LogP) is 0.928. The molecule has 1 aromatic carbocycles. The number of nitrogens with one attached hydrogen (secondary N) is 1. The topological polar surface area (TPSA) is 71.5 Å². The molecule has 0 atom stereocenters. The van der Waals surface area contributed by atoms with Gasteiger partial charge in [-0.25, -0.2) is 5.10 Å². The van der Waals surface area contributed by atoms with Gasteiger partial charge in [0.25, 0.3) is 5.56 Å². The summed E-state index contributed by atoms with van der Waals surface area (Å²) in [6, 6.07) is 3.55. The van der Waals surface area contributed by atoms with Crippen LogP contribution in [0.5, 0.6) is 0 Å². The number of hydrogen-bond donors (Lipinski definition) is 1. The molecule has 6 heteroatoms. The maximum atomic E-state index is 11.4. The van der Waals surface area contributed by atoms with Gasteiger partial charge in [0.15, 0.2) is 0 Å². The van der Waals surface area contributed by atoms with E-state index >= 15 is 0 Å². The Kier molecular flexibility index (Phi) is 1.40. The van der Waals surface area contributed by atoms with E-state index in [1.807, 2.05) is 6.07 Å². The molecule has 3 aromatic rings. The fourth-order valence-corrected chi connectivity index (χ4v) is 1.88. The lowest BCUT2D eigenvalue weighted by atomic mass is 10.2. The van der Waals surface area contributed by atoms with Crippen LogP contribution < -0.4 is 5.56 Å². The van der Waals surface area contributed by atoms with Crippen LogP contribution in [0.25, 0.3) is 21.8 Å². The molecule has 0 bridgehead atoms. The van der Waals surface area contributed by atoms with E-state index in [-0.39, 0.29) is 5.56 Å². The van der Waals surface area contributed by atoms with Crippen LogP contribution in [0.4, 0.5) is 0 Å². The Morgan fingerprint density at radius 2 is 2.00 bits per heavy atom. The Balaban J connectivity index is 2.63. The molecule has 0 aliphatic rings. The maximum absolute atomic E-state index is 11.4. The molecule has 2 heterocycles. The third kappa shape index (κ3) is 0.942. The van der Waals surface area contributed by atoms with Crippen molar-refractivity contribution in [2.24, 2.45) is 0 Å². The summed E-state index contributed by atoms with van der Waals surface area (Å²) >= 11 is 1.14.